The molecule has 0 aliphatic heterocycles. The molecule has 0 aromatic heterocycles. The molecule has 0 radical (unpaired) electrons. The maximum Gasteiger partial charge on any atom is 0.251 e. The molecule has 0 aliphatic carbocycles. The minimum absolute atomic E-state index is 0.151. The van der Waals surface area contributed by atoms with E-state index in [1.807, 2.05) is 6.92 Å². The van der Waals surface area contributed by atoms with Crippen LogP contribution in [0.5, 0.6) is 5.75 Å². The number of hydrogen-bond donors (Lipinski definition) is 2. The summed E-state index contributed by atoms with van der Waals surface area (Å²) >= 11 is 0. The van der Waals surface area contributed by atoms with Gasteiger partial charge in [-0.3, -0.25) is 4.79 Å². The van der Waals surface area contributed by atoms with Crippen LogP contribution in [0.2, 0.25) is 0 Å². The molecule has 118 valence electrons. The number of nitrogens with two attached hydrogens (primary N) is 1. The molecule has 0 unspecified atom stereocenters. The summed E-state index contributed by atoms with van der Waals surface area (Å²) in [5.41, 5.74) is 6.82. The van der Waals surface area contributed by atoms with Gasteiger partial charge >= 0.3 is 0 Å². The van der Waals surface area contributed by atoms with E-state index in [9.17, 15) is 4.79 Å². The van der Waals surface area contributed by atoms with Gasteiger partial charge in [0.05, 0.1) is 25.5 Å². The number of hydrogen-bond acceptors (Lipinski definition) is 5. The molecule has 0 bridgehead atoms. The van der Waals surface area contributed by atoms with Crippen LogP contribution < -0.4 is 15.8 Å². The highest BCUT2D eigenvalue weighted by Crippen LogP contribution is 2.22. The van der Waals surface area contributed by atoms with Gasteiger partial charge in [0.1, 0.15) is 5.75 Å². The lowest BCUT2D eigenvalue weighted by molar-refractivity contribution is 0.0688. The first-order chi connectivity index (χ1) is 10.2. The molecule has 6 nitrogen and oxygen atoms in total. The van der Waals surface area contributed by atoms with Gasteiger partial charge < -0.3 is 25.3 Å². The molecule has 1 aromatic rings. The number of nitrogen functional groups attached to an aromatic ring is 1. The van der Waals surface area contributed by atoms with Crippen LogP contribution in [-0.4, -0.2) is 46.0 Å². The zero-order valence-corrected chi connectivity index (χ0v) is 12.7. The molecule has 0 saturated carbocycles. The Hall–Kier alpha value is -1.79. The van der Waals surface area contributed by atoms with E-state index in [0.29, 0.717) is 50.0 Å². The molecular weight excluding hydrogens is 272 g/mol. The minimum Gasteiger partial charge on any atom is -0.492 e. The van der Waals surface area contributed by atoms with E-state index in [1.165, 1.54) is 0 Å². The average Bonchev–Trinajstić information content (AvgIpc) is 2.48. The zero-order valence-electron chi connectivity index (χ0n) is 12.7. The SMILES string of the molecule is CCOc1ccc(C(=O)NCCCOCCOC)cc1N. The summed E-state index contributed by atoms with van der Waals surface area (Å²) in [6, 6.07) is 5.03. The number of nitrogens with one attached hydrogen (secondary N) is 1. The number of anilines is 1. The molecular formula is C15H24N2O4. The highest BCUT2D eigenvalue weighted by atomic mass is 16.5. The number of carbonyl (C=O) groups is 1. The molecule has 6 heteroatoms. The molecule has 0 aliphatic rings. The average molecular weight is 296 g/mol. The van der Waals surface area contributed by atoms with Crippen molar-refractivity contribution in [1.29, 1.82) is 0 Å². The molecule has 0 heterocycles. The van der Waals surface area contributed by atoms with Gasteiger partial charge in [-0.25, -0.2) is 0 Å². The van der Waals surface area contributed by atoms with Gasteiger partial charge in [-0.15, -0.1) is 0 Å². The number of methoxy groups -OCH3 is 1. The van der Waals surface area contributed by atoms with Gasteiger partial charge in [-0.2, -0.15) is 0 Å². The second kappa shape index (κ2) is 10.0. The Balaban J connectivity index is 2.30. The van der Waals surface area contributed by atoms with Crippen LogP contribution in [0.3, 0.4) is 0 Å². The lowest BCUT2D eigenvalue weighted by atomic mass is 10.1. The lowest BCUT2D eigenvalue weighted by Gasteiger charge is -2.09. The van der Waals surface area contributed by atoms with Crippen molar-refractivity contribution in [2.45, 2.75) is 13.3 Å². The molecule has 1 aromatic carbocycles. The Morgan fingerprint density at radius 2 is 2.10 bits per heavy atom. The lowest BCUT2D eigenvalue weighted by Crippen LogP contribution is -2.25. The number of carbonyl (C=O) groups excluding carboxylic acids is 1. The van der Waals surface area contributed by atoms with Crippen LogP contribution in [0.15, 0.2) is 18.2 Å². The van der Waals surface area contributed by atoms with Crippen LogP contribution >= 0.6 is 0 Å². The summed E-state index contributed by atoms with van der Waals surface area (Å²) in [6.45, 7) is 4.72. The number of ether oxygens (including phenoxy) is 3. The summed E-state index contributed by atoms with van der Waals surface area (Å²) in [4.78, 5) is 11.9. The van der Waals surface area contributed by atoms with E-state index >= 15 is 0 Å². The minimum atomic E-state index is -0.151. The van der Waals surface area contributed by atoms with Crippen molar-refractivity contribution in [3.63, 3.8) is 0 Å². The Morgan fingerprint density at radius 1 is 1.29 bits per heavy atom. The first-order valence-corrected chi connectivity index (χ1v) is 7.06. The maximum absolute atomic E-state index is 11.9. The maximum atomic E-state index is 11.9. The van der Waals surface area contributed by atoms with Gasteiger partial charge in [0.25, 0.3) is 5.91 Å². The highest BCUT2D eigenvalue weighted by Gasteiger charge is 2.08. The van der Waals surface area contributed by atoms with Crippen molar-refractivity contribution in [2.24, 2.45) is 0 Å². The van der Waals surface area contributed by atoms with Crippen LogP contribution in [0.25, 0.3) is 0 Å². The molecule has 21 heavy (non-hydrogen) atoms. The molecule has 3 N–H and O–H groups in total. The van der Waals surface area contributed by atoms with E-state index < -0.39 is 0 Å². The number of amides is 1. The summed E-state index contributed by atoms with van der Waals surface area (Å²) in [5, 5.41) is 2.82. The summed E-state index contributed by atoms with van der Waals surface area (Å²) in [7, 11) is 1.63. The van der Waals surface area contributed by atoms with E-state index in [-0.39, 0.29) is 5.91 Å². The van der Waals surface area contributed by atoms with Gasteiger partial charge in [-0.1, -0.05) is 0 Å². The summed E-state index contributed by atoms with van der Waals surface area (Å²) in [5.74, 6) is 0.447. The third-order valence-electron chi connectivity index (χ3n) is 2.75. The van der Waals surface area contributed by atoms with E-state index in [4.69, 9.17) is 19.9 Å². The third kappa shape index (κ3) is 6.46. The molecule has 1 rings (SSSR count). The van der Waals surface area contributed by atoms with Crippen LogP contribution in [0.4, 0.5) is 5.69 Å². The van der Waals surface area contributed by atoms with Gasteiger partial charge in [0.2, 0.25) is 0 Å². The zero-order chi connectivity index (χ0) is 15.5. The van der Waals surface area contributed by atoms with Crippen molar-refractivity contribution >= 4 is 11.6 Å². The van der Waals surface area contributed by atoms with Gasteiger partial charge in [-0.05, 0) is 31.5 Å². The van der Waals surface area contributed by atoms with Gasteiger partial charge in [0.15, 0.2) is 0 Å². The van der Waals surface area contributed by atoms with E-state index in [2.05, 4.69) is 5.32 Å². The smallest absolute Gasteiger partial charge is 0.251 e. The van der Waals surface area contributed by atoms with Crippen molar-refractivity contribution < 1.29 is 19.0 Å². The van der Waals surface area contributed by atoms with Crippen LogP contribution in [0, 0.1) is 0 Å². The van der Waals surface area contributed by atoms with Crippen LogP contribution in [-0.2, 0) is 9.47 Å². The third-order valence-corrected chi connectivity index (χ3v) is 2.75. The molecule has 0 spiro atoms. The van der Waals surface area contributed by atoms with Crippen LogP contribution in [0.1, 0.15) is 23.7 Å². The normalized spacial score (nSPS) is 10.4. The summed E-state index contributed by atoms with van der Waals surface area (Å²) < 4.78 is 15.5. The molecule has 0 fully saturated rings. The Labute approximate surface area is 125 Å². The fraction of sp³-hybridized carbons (Fsp3) is 0.533. The largest absolute Gasteiger partial charge is 0.492 e. The first-order valence-electron chi connectivity index (χ1n) is 7.06. The topological polar surface area (TPSA) is 82.8 Å². The second-order valence-corrected chi connectivity index (χ2v) is 4.40. The monoisotopic (exact) mass is 296 g/mol. The molecule has 0 atom stereocenters. The van der Waals surface area contributed by atoms with E-state index in [0.717, 1.165) is 6.42 Å². The standard InChI is InChI=1S/C15H24N2O4/c1-3-21-14-6-5-12(11-13(14)16)15(18)17-7-4-8-20-10-9-19-2/h5-6,11H,3-4,7-10,16H2,1-2H3,(H,17,18). The predicted octanol–water partition coefficient (Wildman–Crippen LogP) is 1.45. The Bertz CT molecular complexity index is 438. The first kappa shape index (κ1) is 17.3. The number of benzene rings is 1. The molecule has 0 saturated heterocycles. The van der Waals surface area contributed by atoms with E-state index in [1.54, 1.807) is 25.3 Å². The Morgan fingerprint density at radius 3 is 2.76 bits per heavy atom. The fourth-order valence-electron chi connectivity index (χ4n) is 1.70. The Kier molecular flexibility index (Phi) is 8.23. The molecule has 1 amide bonds. The van der Waals surface area contributed by atoms with Crippen molar-refractivity contribution in [2.75, 3.05) is 45.8 Å². The number of rotatable bonds is 10. The van der Waals surface area contributed by atoms with Crippen molar-refractivity contribution in [3.8, 4) is 5.75 Å². The van der Waals surface area contributed by atoms with Crippen molar-refractivity contribution in [1.82, 2.24) is 5.32 Å². The second-order valence-electron chi connectivity index (χ2n) is 4.40. The van der Waals surface area contributed by atoms with Crippen molar-refractivity contribution in [3.05, 3.63) is 23.8 Å². The van der Waals surface area contributed by atoms with Gasteiger partial charge in [0, 0.05) is 25.8 Å². The highest BCUT2D eigenvalue weighted by molar-refractivity contribution is 5.95. The fourth-order valence-corrected chi connectivity index (χ4v) is 1.70. The predicted molar refractivity (Wildman–Crippen MR) is 81.7 cm³/mol. The summed E-state index contributed by atoms with van der Waals surface area (Å²) in [6.07, 6.45) is 0.752. The quantitative estimate of drug-likeness (QED) is 0.504.